The van der Waals surface area contributed by atoms with Crippen molar-refractivity contribution >= 4 is 10.9 Å². The Morgan fingerprint density at radius 2 is 1.66 bits per heavy atom. The molecule has 5 rings (SSSR count). The largest absolute Gasteiger partial charge is 0.493 e. The summed E-state index contributed by atoms with van der Waals surface area (Å²) in [4.78, 5) is 21.4. The maximum atomic E-state index is 13.6. The highest BCUT2D eigenvalue weighted by Crippen LogP contribution is 2.34. The molecule has 1 fully saturated rings. The summed E-state index contributed by atoms with van der Waals surface area (Å²) in [6.45, 7) is 10.4. The highest BCUT2D eigenvalue weighted by Gasteiger charge is 2.35. The van der Waals surface area contributed by atoms with Crippen molar-refractivity contribution in [2.24, 2.45) is 0 Å². The van der Waals surface area contributed by atoms with Crippen molar-refractivity contribution in [1.82, 2.24) is 35.0 Å². The molecule has 0 saturated carbocycles. The van der Waals surface area contributed by atoms with E-state index in [1.807, 2.05) is 22.9 Å². The molecule has 0 radical (unpaired) electrons. The summed E-state index contributed by atoms with van der Waals surface area (Å²) in [5.41, 5.74) is 2.04. The Balaban J connectivity index is 1.54. The molecule has 10 nitrogen and oxygen atoms in total. The second kappa shape index (κ2) is 10.5. The van der Waals surface area contributed by atoms with Crippen LogP contribution in [0.1, 0.15) is 43.8 Å². The van der Waals surface area contributed by atoms with E-state index in [1.54, 1.807) is 20.3 Å². The van der Waals surface area contributed by atoms with Gasteiger partial charge in [-0.1, -0.05) is 30.3 Å². The van der Waals surface area contributed by atoms with E-state index in [4.69, 9.17) is 9.47 Å². The number of piperazine rings is 1. The summed E-state index contributed by atoms with van der Waals surface area (Å²) in [6, 6.07) is 15.7. The average molecular weight is 518 g/mol. The van der Waals surface area contributed by atoms with Gasteiger partial charge in [0.1, 0.15) is 6.04 Å². The second-order valence-electron chi connectivity index (χ2n) is 10.7. The third-order valence-electron chi connectivity index (χ3n) is 7.07. The summed E-state index contributed by atoms with van der Waals surface area (Å²) in [7, 11) is 3.18. The Bertz CT molecular complexity index is 1450. The van der Waals surface area contributed by atoms with Crippen molar-refractivity contribution < 1.29 is 9.47 Å². The topological polar surface area (TPSA) is 101 Å². The molecule has 0 amide bonds. The lowest BCUT2D eigenvalue weighted by Gasteiger charge is -2.39. The summed E-state index contributed by atoms with van der Waals surface area (Å²) in [5, 5.41) is 13.6. The van der Waals surface area contributed by atoms with E-state index in [0.29, 0.717) is 28.4 Å². The van der Waals surface area contributed by atoms with Crippen LogP contribution in [0.15, 0.2) is 53.3 Å². The summed E-state index contributed by atoms with van der Waals surface area (Å²) >= 11 is 0. The molecule has 38 heavy (non-hydrogen) atoms. The Labute approximate surface area is 222 Å². The molecule has 0 unspecified atom stereocenters. The van der Waals surface area contributed by atoms with Gasteiger partial charge in [-0.3, -0.25) is 14.6 Å². The van der Waals surface area contributed by atoms with Gasteiger partial charge in [-0.2, -0.15) is 0 Å². The van der Waals surface area contributed by atoms with Crippen molar-refractivity contribution in [3.05, 3.63) is 75.8 Å². The van der Waals surface area contributed by atoms with Gasteiger partial charge in [-0.15, -0.1) is 5.10 Å². The van der Waals surface area contributed by atoms with Crippen molar-refractivity contribution in [2.75, 3.05) is 40.4 Å². The molecule has 200 valence electrons. The summed E-state index contributed by atoms with van der Waals surface area (Å²) in [5.74, 6) is 1.81. The minimum atomic E-state index is -0.413. The zero-order chi connectivity index (χ0) is 26.9. The van der Waals surface area contributed by atoms with E-state index in [0.717, 1.165) is 38.1 Å². The number of aromatic nitrogens is 5. The number of benzene rings is 2. The van der Waals surface area contributed by atoms with Gasteiger partial charge in [0, 0.05) is 49.7 Å². The molecule has 1 saturated heterocycles. The van der Waals surface area contributed by atoms with Crippen molar-refractivity contribution in [3.63, 3.8) is 0 Å². The molecule has 0 bridgehead atoms. The minimum Gasteiger partial charge on any atom is -0.493 e. The first-order valence-electron chi connectivity index (χ1n) is 12.9. The van der Waals surface area contributed by atoms with Crippen LogP contribution in [-0.2, 0) is 12.1 Å². The van der Waals surface area contributed by atoms with E-state index in [-0.39, 0.29) is 11.1 Å². The lowest BCUT2D eigenvalue weighted by atomic mass is 10.0. The molecule has 1 N–H and O–H groups in total. The van der Waals surface area contributed by atoms with Gasteiger partial charge in [-0.05, 0) is 48.9 Å². The molecule has 2 aromatic carbocycles. The maximum Gasteiger partial charge on any atom is 0.253 e. The number of pyridine rings is 1. The van der Waals surface area contributed by atoms with Crippen molar-refractivity contribution in [3.8, 4) is 11.5 Å². The van der Waals surface area contributed by atoms with Crippen LogP contribution in [0.4, 0.5) is 0 Å². The second-order valence-corrected chi connectivity index (χ2v) is 10.7. The van der Waals surface area contributed by atoms with Crippen molar-refractivity contribution in [2.45, 2.75) is 38.9 Å². The molecular weight excluding hydrogens is 482 g/mol. The van der Waals surface area contributed by atoms with Gasteiger partial charge in [0.15, 0.2) is 17.3 Å². The normalized spacial score (nSPS) is 16.0. The third-order valence-corrected chi connectivity index (χ3v) is 7.07. The molecule has 0 aliphatic carbocycles. The smallest absolute Gasteiger partial charge is 0.253 e. The van der Waals surface area contributed by atoms with Gasteiger partial charge < -0.3 is 14.5 Å². The molecule has 2 aromatic heterocycles. The molecule has 4 aromatic rings. The van der Waals surface area contributed by atoms with Gasteiger partial charge in [-0.25, -0.2) is 4.68 Å². The molecular formula is C28H35N7O3. The van der Waals surface area contributed by atoms with E-state index in [1.165, 1.54) is 5.56 Å². The SMILES string of the molecule is COc1cc2cc([C@H](c3nnnn3C(C)(C)C)N3CCN(Cc4ccccc4)CC3)c(=O)[nH]c2cc1OC. The standard InChI is InChI=1S/C28H35N7O3/c1-28(2,3)35-26(30-31-32-35)25(34-13-11-33(12-14-34)18-19-9-7-6-8-10-19)21-15-20-16-23(37-4)24(38-5)17-22(20)29-27(21)36/h6-10,15-17,25H,11-14,18H2,1-5H3,(H,29,36)/t25-/m1/s1. The molecule has 1 aliphatic heterocycles. The predicted octanol–water partition coefficient (Wildman–Crippen LogP) is 3.19. The zero-order valence-electron chi connectivity index (χ0n) is 22.6. The first-order valence-corrected chi connectivity index (χ1v) is 12.9. The van der Waals surface area contributed by atoms with Crippen LogP contribution in [0.3, 0.4) is 0 Å². The first-order chi connectivity index (χ1) is 18.3. The molecule has 1 atom stereocenters. The van der Waals surface area contributed by atoms with E-state index >= 15 is 0 Å². The Kier molecular flexibility index (Phi) is 7.18. The van der Waals surface area contributed by atoms with Gasteiger partial charge in [0.05, 0.1) is 25.3 Å². The van der Waals surface area contributed by atoms with E-state index in [9.17, 15) is 4.79 Å². The molecule has 3 heterocycles. The van der Waals surface area contributed by atoms with Crippen LogP contribution < -0.4 is 15.0 Å². The van der Waals surface area contributed by atoms with Gasteiger partial charge in [0.2, 0.25) is 0 Å². The van der Waals surface area contributed by atoms with Crippen LogP contribution in [0.5, 0.6) is 11.5 Å². The lowest BCUT2D eigenvalue weighted by Crippen LogP contribution is -2.49. The number of tetrazole rings is 1. The van der Waals surface area contributed by atoms with E-state index < -0.39 is 6.04 Å². The number of H-pyrrole nitrogens is 1. The van der Waals surface area contributed by atoms with Crippen LogP contribution in [0, 0.1) is 0 Å². The molecule has 0 spiro atoms. The Hall–Kier alpha value is -3.76. The average Bonchev–Trinajstić information content (AvgIpc) is 3.40. The number of fused-ring (bicyclic) bond motifs is 1. The fourth-order valence-corrected chi connectivity index (χ4v) is 5.12. The predicted molar refractivity (Wildman–Crippen MR) is 146 cm³/mol. The monoisotopic (exact) mass is 517 g/mol. The number of aromatic amines is 1. The highest BCUT2D eigenvalue weighted by molar-refractivity contribution is 5.83. The van der Waals surface area contributed by atoms with E-state index in [2.05, 4.69) is 75.3 Å². The Morgan fingerprint density at radius 3 is 2.32 bits per heavy atom. The highest BCUT2D eigenvalue weighted by atomic mass is 16.5. The van der Waals surface area contributed by atoms with Gasteiger partial charge >= 0.3 is 0 Å². The van der Waals surface area contributed by atoms with Crippen LogP contribution >= 0.6 is 0 Å². The first kappa shape index (κ1) is 25.9. The van der Waals surface area contributed by atoms with Crippen LogP contribution in [0.2, 0.25) is 0 Å². The molecule has 1 aliphatic rings. The minimum absolute atomic E-state index is 0.176. The number of nitrogens with one attached hydrogen (secondary N) is 1. The number of ether oxygens (including phenoxy) is 2. The van der Waals surface area contributed by atoms with Crippen molar-refractivity contribution in [1.29, 1.82) is 0 Å². The van der Waals surface area contributed by atoms with Crippen LogP contribution in [-0.4, -0.2) is 75.4 Å². The maximum absolute atomic E-state index is 13.6. The van der Waals surface area contributed by atoms with Gasteiger partial charge in [0.25, 0.3) is 5.56 Å². The number of nitrogens with zero attached hydrogens (tertiary/aromatic N) is 6. The summed E-state index contributed by atoms with van der Waals surface area (Å²) in [6.07, 6.45) is 0. The number of rotatable bonds is 7. The number of hydrogen-bond donors (Lipinski definition) is 1. The number of methoxy groups -OCH3 is 2. The lowest BCUT2D eigenvalue weighted by molar-refractivity contribution is 0.0975. The zero-order valence-corrected chi connectivity index (χ0v) is 22.6. The third kappa shape index (κ3) is 5.14. The fourth-order valence-electron chi connectivity index (χ4n) is 5.12. The summed E-state index contributed by atoms with van der Waals surface area (Å²) < 4.78 is 12.8. The quantitative estimate of drug-likeness (QED) is 0.399. The van der Waals surface area contributed by atoms with Crippen LogP contribution in [0.25, 0.3) is 10.9 Å². The molecule has 10 heteroatoms. The Morgan fingerprint density at radius 1 is 0.974 bits per heavy atom. The fraction of sp³-hybridized carbons (Fsp3) is 0.429. The number of hydrogen-bond acceptors (Lipinski definition) is 8.